The second-order valence-electron chi connectivity index (χ2n) is 6.90. The summed E-state index contributed by atoms with van der Waals surface area (Å²) in [5, 5.41) is 0. The molecule has 24 heavy (non-hydrogen) atoms. The molecule has 1 aromatic carbocycles. The van der Waals surface area contributed by atoms with Crippen molar-refractivity contribution in [1.29, 1.82) is 0 Å². The fraction of sp³-hybridized carbons (Fsp3) is 0.421. The Kier molecular flexibility index (Phi) is 4.51. The molecule has 0 unspecified atom stereocenters. The second-order valence-corrected chi connectivity index (χ2v) is 6.90. The van der Waals surface area contributed by atoms with Gasteiger partial charge in [-0.05, 0) is 45.0 Å². The van der Waals surface area contributed by atoms with Gasteiger partial charge in [-0.2, -0.15) is 0 Å². The molecule has 0 fully saturated rings. The summed E-state index contributed by atoms with van der Waals surface area (Å²) in [5.41, 5.74) is 1.67. The number of carbonyl (C=O) groups is 1. The molecule has 2 heterocycles. The number of ether oxygens (including phenoxy) is 2. The molecule has 0 bridgehead atoms. The van der Waals surface area contributed by atoms with Crippen LogP contribution in [-0.4, -0.2) is 40.9 Å². The normalized spacial score (nSPS) is 15.0. The predicted octanol–water partition coefficient (Wildman–Crippen LogP) is 3.65. The van der Waals surface area contributed by atoms with Crippen LogP contribution in [0.2, 0.25) is 0 Å². The third-order valence-corrected chi connectivity index (χ3v) is 3.87. The van der Waals surface area contributed by atoms with Gasteiger partial charge in [0, 0.05) is 24.9 Å². The lowest BCUT2D eigenvalue weighted by Gasteiger charge is -2.28. The molecule has 5 nitrogen and oxygen atoms in total. The first kappa shape index (κ1) is 16.4. The Balaban J connectivity index is 1.85. The maximum absolute atomic E-state index is 12.4. The monoisotopic (exact) mass is 328 g/mol. The van der Waals surface area contributed by atoms with Crippen LogP contribution in [0.15, 0.2) is 42.6 Å². The van der Waals surface area contributed by atoms with Gasteiger partial charge in [0.05, 0.1) is 12.2 Å². The second kappa shape index (κ2) is 6.59. The van der Waals surface area contributed by atoms with E-state index in [1.807, 2.05) is 57.3 Å². The Labute approximate surface area is 142 Å². The number of rotatable bonds is 0. The molecule has 0 radical (unpaired) electrons. The van der Waals surface area contributed by atoms with E-state index in [2.05, 4.69) is 10.6 Å². The first-order valence-electron chi connectivity index (χ1n) is 8.30. The van der Waals surface area contributed by atoms with Crippen molar-refractivity contribution in [2.24, 2.45) is 0 Å². The number of amides is 1. The van der Waals surface area contributed by atoms with Gasteiger partial charge in [-0.15, -0.1) is 0 Å². The number of nitrogens with zero attached hydrogens (tertiary/aromatic N) is 2. The minimum atomic E-state index is -0.500. The van der Waals surface area contributed by atoms with Crippen molar-refractivity contribution in [2.75, 3.05) is 19.7 Å². The highest BCUT2D eigenvalue weighted by Crippen LogP contribution is 2.25. The standard InChI is InChI=1S/C19H24N2O3/c1-19(2,3)24-18(22)20-12-10-15-7-6-11-21(15)16-8-4-5-9-17(16)23-14-13-20/h4-9,11H,10,12-14H2,1-3H3. The number of para-hydroxylation sites is 2. The number of carbonyl (C=O) groups excluding carboxylic acids is 1. The Morgan fingerprint density at radius 1 is 1.12 bits per heavy atom. The largest absolute Gasteiger partial charge is 0.490 e. The van der Waals surface area contributed by atoms with E-state index in [4.69, 9.17) is 9.47 Å². The van der Waals surface area contributed by atoms with Crippen molar-refractivity contribution >= 4 is 6.09 Å². The smallest absolute Gasteiger partial charge is 0.410 e. The molecular weight excluding hydrogens is 304 g/mol. The maximum atomic E-state index is 12.4. The molecule has 0 saturated carbocycles. The highest BCUT2D eigenvalue weighted by Gasteiger charge is 2.23. The van der Waals surface area contributed by atoms with E-state index in [0.29, 0.717) is 19.7 Å². The SMILES string of the molecule is CC(C)(C)OC(=O)N1CCOc2ccccc2-n2cccc2CC1. The zero-order valence-electron chi connectivity index (χ0n) is 14.5. The van der Waals surface area contributed by atoms with Crippen molar-refractivity contribution in [1.82, 2.24) is 9.47 Å². The van der Waals surface area contributed by atoms with Gasteiger partial charge in [0.25, 0.3) is 0 Å². The van der Waals surface area contributed by atoms with Crippen LogP contribution >= 0.6 is 0 Å². The molecule has 1 amide bonds. The van der Waals surface area contributed by atoms with Crippen LogP contribution in [0.5, 0.6) is 5.75 Å². The molecule has 5 heteroatoms. The number of benzene rings is 1. The van der Waals surface area contributed by atoms with Crippen molar-refractivity contribution in [2.45, 2.75) is 32.8 Å². The quantitative estimate of drug-likeness (QED) is 0.741. The average Bonchev–Trinajstić information content (AvgIpc) is 2.98. The van der Waals surface area contributed by atoms with Crippen molar-refractivity contribution in [3.8, 4) is 11.4 Å². The highest BCUT2D eigenvalue weighted by atomic mass is 16.6. The molecule has 0 aliphatic carbocycles. The maximum Gasteiger partial charge on any atom is 0.410 e. The molecule has 0 atom stereocenters. The molecule has 1 aromatic heterocycles. The lowest BCUT2D eigenvalue weighted by atomic mass is 10.2. The Morgan fingerprint density at radius 3 is 2.71 bits per heavy atom. The fourth-order valence-electron chi connectivity index (χ4n) is 2.77. The Morgan fingerprint density at radius 2 is 1.92 bits per heavy atom. The van der Waals surface area contributed by atoms with Gasteiger partial charge in [0.2, 0.25) is 0 Å². The molecule has 0 saturated heterocycles. The van der Waals surface area contributed by atoms with Gasteiger partial charge in [-0.25, -0.2) is 4.79 Å². The molecule has 3 rings (SSSR count). The third-order valence-electron chi connectivity index (χ3n) is 3.87. The molecule has 1 aliphatic rings. The fourth-order valence-corrected chi connectivity index (χ4v) is 2.77. The number of aromatic nitrogens is 1. The van der Waals surface area contributed by atoms with Crippen LogP contribution in [-0.2, 0) is 11.2 Å². The van der Waals surface area contributed by atoms with Crippen LogP contribution in [0, 0.1) is 0 Å². The molecule has 1 aliphatic heterocycles. The topological polar surface area (TPSA) is 43.7 Å². The Bertz CT molecular complexity index is 715. The number of hydrogen-bond acceptors (Lipinski definition) is 3. The molecule has 128 valence electrons. The Hall–Kier alpha value is -2.43. The summed E-state index contributed by atoms with van der Waals surface area (Å²) in [6.45, 7) is 7.18. The minimum Gasteiger partial charge on any atom is -0.490 e. The third kappa shape index (κ3) is 3.72. The summed E-state index contributed by atoms with van der Waals surface area (Å²) >= 11 is 0. The van der Waals surface area contributed by atoms with E-state index >= 15 is 0 Å². The zero-order valence-corrected chi connectivity index (χ0v) is 14.5. The van der Waals surface area contributed by atoms with Crippen LogP contribution < -0.4 is 4.74 Å². The summed E-state index contributed by atoms with van der Waals surface area (Å²) in [6, 6.07) is 12.1. The number of hydrogen-bond donors (Lipinski definition) is 0. The summed E-state index contributed by atoms with van der Waals surface area (Å²) in [4.78, 5) is 14.1. The van der Waals surface area contributed by atoms with Crippen LogP contribution in [0.1, 0.15) is 26.5 Å². The zero-order chi connectivity index (χ0) is 17.2. The van der Waals surface area contributed by atoms with Gasteiger partial charge in [0.15, 0.2) is 0 Å². The minimum absolute atomic E-state index is 0.293. The molecule has 0 N–H and O–H groups in total. The van der Waals surface area contributed by atoms with Crippen LogP contribution in [0.25, 0.3) is 5.69 Å². The molecular formula is C19H24N2O3. The van der Waals surface area contributed by atoms with Gasteiger partial charge in [-0.3, -0.25) is 0 Å². The summed E-state index contributed by atoms with van der Waals surface area (Å²) in [5.74, 6) is 0.820. The van der Waals surface area contributed by atoms with E-state index in [-0.39, 0.29) is 6.09 Å². The van der Waals surface area contributed by atoms with Crippen LogP contribution in [0.3, 0.4) is 0 Å². The van der Waals surface area contributed by atoms with Crippen LogP contribution in [0.4, 0.5) is 4.79 Å². The lowest BCUT2D eigenvalue weighted by Crippen LogP contribution is -2.40. The first-order valence-corrected chi connectivity index (χ1v) is 8.30. The van der Waals surface area contributed by atoms with Gasteiger partial charge < -0.3 is 18.9 Å². The summed E-state index contributed by atoms with van der Waals surface area (Å²) < 4.78 is 13.6. The van der Waals surface area contributed by atoms with Crippen molar-refractivity contribution in [3.63, 3.8) is 0 Å². The summed E-state index contributed by atoms with van der Waals surface area (Å²) in [7, 11) is 0. The van der Waals surface area contributed by atoms with E-state index in [9.17, 15) is 4.79 Å². The van der Waals surface area contributed by atoms with Crippen molar-refractivity contribution < 1.29 is 14.3 Å². The van der Waals surface area contributed by atoms with E-state index < -0.39 is 5.60 Å². The molecule has 0 spiro atoms. The van der Waals surface area contributed by atoms with Gasteiger partial charge in [0.1, 0.15) is 18.0 Å². The predicted molar refractivity (Wildman–Crippen MR) is 92.8 cm³/mol. The highest BCUT2D eigenvalue weighted by molar-refractivity contribution is 5.68. The average molecular weight is 328 g/mol. The van der Waals surface area contributed by atoms with Gasteiger partial charge >= 0.3 is 6.09 Å². The summed E-state index contributed by atoms with van der Waals surface area (Å²) in [6.07, 6.45) is 2.50. The lowest BCUT2D eigenvalue weighted by molar-refractivity contribution is 0.0227. The molecule has 2 aromatic rings. The number of fused-ring (bicyclic) bond motifs is 3. The van der Waals surface area contributed by atoms with E-state index in [1.54, 1.807) is 4.90 Å². The van der Waals surface area contributed by atoms with Crippen molar-refractivity contribution in [3.05, 3.63) is 48.3 Å². The van der Waals surface area contributed by atoms with Gasteiger partial charge in [-0.1, -0.05) is 12.1 Å². The van der Waals surface area contributed by atoms with E-state index in [0.717, 1.165) is 23.6 Å². The first-order chi connectivity index (χ1) is 11.4. The van der Waals surface area contributed by atoms with E-state index in [1.165, 1.54) is 0 Å².